The van der Waals surface area contributed by atoms with Crippen molar-refractivity contribution in [2.24, 2.45) is 0 Å². The minimum absolute atomic E-state index is 0.510. The van der Waals surface area contributed by atoms with Crippen LogP contribution in [0.25, 0.3) is 11.3 Å². The Labute approximate surface area is 181 Å². The van der Waals surface area contributed by atoms with Crippen molar-refractivity contribution >= 4 is 0 Å². The van der Waals surface area contributed by atoms with Gasteiger partial charge in [-0.2, -0.15) is 0 Å². The molecule has 3 nitrogen and oxygen atoms in total. The van der Waals surface area contributed by atoms with E-state index in [2.05, 4.69) is 72.3 Å². The van der Waals surface area contributed by atoms with Gasteiger partial charge in [-0.05, 0) is 36.0 Å². The van der Waals surface area contributed by atoms with Crippen molar-refractivity contribution in [1.82, 2.24) is 9.97 Å². The molecule has 0 saturated heterocycles. The summed E-state index contributed by atoms with van der Waals surface area (Å²) in [6.45, 7) is 4.96. The summed E-state index contributed by atoms with van der Waals surface area (Å²) in [5.41, 5.74) is 5.87. The molecule has 0 radical (unpaired) electrons. The zero-order chi connectivity index (χ0) is 21.0. The molecular formula is C27H34N2O. The fourth-order valence-electron chi connectivity index (χ4n) is 3.56. The molecule has 0 aliphatic rings. The lowest BCUT2D eigenvalue weighted by molar-refractivity contribution is 0.292. The molecule has 0 N–H and O–H groups in total. The summed E-state index contributed by atoms with van der Waals surface area (Å²) >= 11 is 0. The molecule has 0 amide bonds. The third kappa shape index (κ3) is 6.98. The zero-order valence-electron chi connectivity index (χ0n) is 18.4. The minimum atomic E-state index is 0.510. The summed E-state index contributed by atoms with van der Waals surface area (Å²) < 4.78 is 5.83. The second-order valence-electron chi connectivity index (χ2n) is 7.96. The quantitative estimate of drug-likeness (QED) is 0.301. The third-order valence-electron chi connectivity index (χ3n) is 5.40. The van der Waals surface area contributed by atoms with E-state index in [1.54, 1.807) is 12.4 Å². The van der Waals surface area contributed by atoms with Gasteiger partial charge in [0.05, 0.1) is 18.1 Å². The Morgan fingerprint density at radius 1 is 0.633 bits per heavy atom. The van der Waals surface area contributed by atoms with Crippen LogP contribution in [0.15, 0.2) is 60.9 Å². The highest BCUT2D eigenvalue weighted by atomic mass is 16.5. The molecule has 30 heavy (non-hydrogen) atoms. The first kappa shape index (κ1) is 22.0. The van der Waals surface area contributed by atoms with Crippen LogP contribution in [0.3, 0.4) is 0 Å². The van der Waals surface area contributed by atoms with Gasteiger partial charge in [0.25, 0.3) is 0 Å². The highest BCUT2D eigenvalue weighted by Crippen LogP contribution is 2.19. The van der Waals surface area contributed by atoms with Crippen LogP contribution in [0, 0.1) is 0 Å². The summed E-state index contributed by atoms with van der Waals surface area (Å²) in [5.74, 6) is 0.557. The summed E-state index contributed by atoms with van der Waals surface area (Å²) in [5, 5.41) is 0. The van der Waals surface area contributed by atoms with E-state index in [9.17, 15) is 0 Å². The fourth-order valence-corrected chi connectivity index (χ4v) is 3.56. The molecule has 0 fully saturated rings. The summed E-state index contributed by atoms with van der Waals surface area (Å²) in [7, 11) is 0. The third-order valence-corrected chi connectivity index (χ3v) is 5.40. The molecule has 0 atom stereocenters. The van der Waals surface area contributed by atoms with Crippen LogP contribution in [0.1, 0.15) is 69.1 Å². The normalized spacial score (nSPS) is 10.9. The zero-order valence-corrected chi connectivity index (χ0v) is 18.4. The number of hydrogen-bond acceptors (Lipinski definition) is 3. The molecule has 0 spiro atoms. The van der Waals surface area contributed by atoms with E-state index in [4.69, 9.17) is 4.74 Å². The number of aryl methyl sites for hydroxylation is 2. The van der Waals surface area contributed by atoms with Crippen LogP contribution in [0.4, 0.5) is 0 Å². The first-order valence-electron chi connectivity index (χ1n) is 11.4. The summed E-state index contributed by atoms with van der Waals surface area (Å²) in [6, 6.07) is 17.3. The maximum atomic E-state index is 5.83. The van der Waals surface area contributed by atoms with E-state index in [1.165, 1.54) is 43.2 Å². The van der Waals surface area contributed by atoms with E-state index in [0.29, 0.717) is 12.5 Å². The van der Waals surface area contributed by atoms with Crippen LogP contribution < -0.4 is 4.74 Å². The minimum Gasteiger partial charge on any atom is -0.472 e. The van der Waals surface area contributed by atoms with E-state index in [0.717, 1.165) is 36.1 Å². The average molecular weight is 403 g/mol. The first-order chi connectivity index (χ1) is 14.8. The van der Waals surface area contributed by atoms with Gasteiger partial charge in [-0.3, -0.25) is 0 Å². The van der Waals surface area contributed by atoms with E-state index >= 15 is 0 Å². The van der Waals surface area contributed by atoms with Crippen molar-refractivity contribution in [2.75, 3.05) is 0 Å². The maximum absolute atomic E-state index is 5.83. The number of rotatable bonds is 12. The standard InChI is InChI=1S/C27H34N2O/c1-3-5-6-7-8-10-23-11-13-24(14-12-23)21-30-27-20-28-26(19-29-27)25-17-15-22(9-4-2)16-18-25/h11-20H,3-10,21H2,1-2H3. The highest BCUT2D eigenvalue weighted by Gasteiger charge is 2.03. The van der Waals surface area contributed by atoms with E-state index in [1.807, 2.05) is 0 Å². The fraction of sp³-hybridized carbons (Fsp3) is 0.407. The topological polar surface area (TPSA) is 35.0 Å². The molecule has 3 heteroatoms. The lowest BCUT2D eigenvalue weighted by Crippen LogP contribution is -1.98. The van der Waals surface area contributed by atoms with Crippen LogP contribution in [-0.4, -0.2) is 9.97 Å². The SMILES string of the molecule is CCCCCCCc1ccc(COc2cnc(-c3ccc(CCC)cc3)cn2)cc1. The summed E-state index contributed by atoms with van der Waals surface area (Å²) in [4.78, 5) is 8.95. The van der Waals surface area contributed by atoms with Gasteiger partial charge < -0.3 is 4.74 Å². The molecule has 158 valence electrons. The Bertz CT molecular complexity index is 855. The van der Waals surface area contributed by atoms with Gasteiger partial charge in [0.2, 0.25) is 5.88 Å². The van der Waals surface area contributed by atoms with Gasteiger partial charge in [-0.15, -0.1) is 0 Å². The average Bonchev–Trinajstić information content (AvgIpc) is 2.79. The second kappa shape index (κ2) is 12.1. The molecule has 0 bridgehead atoms. The number of benzene rings is 2. The van der Waals surface area contributed by atoms with E-state index in [-0.39, 0.29) is 0 Å². The van der Waals surface area contributed by atoms with Crippen molar-refractivity contribution in [3.05, 3.63) is 77.6 Å². The van der Waals surface area contributed by atoms with Crippen molar-refractivity contribution < 1.29 is 4.74 Å². The van der Waals surface area contributed by atoms with Crippen LogP contribution in [-0.2, 0) is 19.4 Å². The predicted octanol–water partition coefficient (Wildman–Crippen LogP) is 7.19. The molecule has 0 unspecified atom stereocenters. The Kier molecular flexibility index (Phi) is 8.89. The van der Waals surface area contributed by atoms with Gasteiger partial charge in [-0.25, -0.2) is 9.97 Å². The van der Waals surface area contributed by atoms with Crippen molar-refractivity contribution in [2.45, 2.75) is 71.8 Å². The molecule has 0 aliphatic carbocycles. The van der Waals surface area contributed by atoms with Gasteiger partial charge in [-0.1, -0.05) is 94.5 Å². The van der Waals surface area contributed by atoms with Crippen LogP contribution >= 0.6 is 0 Å². The van der Waals surface area contributed by atoms with Crippen LogP contribution in [0.2, 0.25) is 0 Å². The largest absolute Gasteiger partial charge is 0.472 e. The second-order valence-corrected chi connectivity index (χ2v) is 7.96. The van der Waals surface area contributed by atoms with Gasteiger partial charge in [0, 0.05) is 5.56 Å². The number of ether oxygens (including phenoxy) is 1. The smallest absolute Gasteiger partial charge is 0.232 e. The van der Waals surface area contributed by atoms with Gasteiger partial charge in [0.15, 0.2) is 0 Å². The van der Waals surface area contributed by atoms with Crippen LogP contribution in [0.5, 0.6) is 5.88 Å². The van der Waals surface area contributed by atoms with Gasteiger partial charge in [0.1, 0.15) is 6.61 Å². The molecule has 0 saturated carbocycles. The number of aromatic nitrogens is 2. The lowest BCUT2D eigenvalue weighted by atomic mass is 10.0. The molecule has 1 aromatic heterocycles. The summed E-state index contributed by atoms with van der Waals surface area (Å²) in [6.07, 6.45) is 13.5. The first-order valence-corrected chi connectivity index (χ1v) is 11.4. The maximum Gasteiger partial charge on any atom is 0.232 e. The monoisotopic (exact) mass is 402 g/mol. The molecule has 3 rings (SSSR count). The molecule has 2 aromatic carbocycles. The molecule has 0 aliphatic heterocycles. The number of unbranched alkanes of at least 4 members (excludes halogenated alkanes) is 4. The highest BCUT2D eigenvalue weighted by molar-refractivity contribution is 5.58. The predicted molar refractivity (Wildman–Crippen MR) is 125 cm³/mol. The lowest BCUT2D eigenvalue weighted by Gasteiger charge is -2.08. The van der Waals surface area contributed by atoms with Gasteiger partial charge >= 0.3 is 0 Å². The van der Waals surface area contributed by atoms with Crippen molar-refractivity contribution in [3.8, 4) is 17.1 Å². The number of nitrogens with zero attached hydrogens (tertiary/aromatic N) is 2. The molecule has 1 heterocycles. The van der Waals surface area contributed by atoms with E-state index < -0.39 is 0 Å². The molecular weight excluding hydrogens is 368 g/mol. The van der Waals surface area contributed by atoms with Crippen molar-refractivity contribution in [1.29, 1.82) is 0 Å². The Balaban J connectivity index is 1.46. The Hall–Kier alpha value is -2.68. The molecule has 3 aromatic rings. The Morgan fingerprint density at radius 3 is 1.97 bits per heavy atom. The Morgan fingerprint density at radius 2 is 1.30 bits per heavy atom. The van der Waals surface area contributed by atoms with Crippen molar-refractivity contribution in [3.63, 3.8) is 0 Å². The number of hydrogen-bond donors (Lipinski definition) is 0.